The SMILES string of the molecule is CCc1cc(CN2CC(C)(CC)NCC2(C)C)n(C)n1. The number of rotatable bonds is 4. The first-order valence-electron chi connectivity index (χ1n) is 7.81. The summed E-state index contributed by atoms with van der Waals surface area (Å²) in [6.07, 6.45) is 2.16. The predicted molar refractivity (Wildman–Crippen MR) is 83.8 cm³/mol. The van der Waals surface area contributed by atoms with Crippen LogP contribution in [-0.4, -0.2) is 38.8 Å². The van der Waals surface area contributed by atoms with Gasteiger partial charge in [0.2, 0.25) is 0 Å². The number of aromatic nitrogens is 2. The summed E-state index contributed by atoms with van der Waals surface area (Å²) in [5.74, 6) is 0. The fourth-order valence-corrected chi connectivity index (χ4v) is 2.83. The quantitative estimate of drug-likeness (QED) is 0.917. The molecule has 0 saturated carbocycles. The van der Waals surface area contributed by atoms with Crippen molar-refractivity contribution in [2.75, 3.05) is 13.1 Å². The molecule has 1 aliphatic rings. The highest BCUT2D eigenvalue weighted by molar-refractivity contribution is 5.12. The van der Waals surface area contributed by atoms with E-state index in [0.717, 1.165) is 32.5 Å². The van der Waals surface area contributed by atoms with Gasteiger partial charge in [-0.15, -0.1) is 0 Å². The third kappa shape index (κ3) is 3.07. The van der Waals surface area contributed by atoms with E-state index >= 15 is 0 Å². The van der Waals surface area contributed by atoms with Crippen molar-refractivity contribution < 1.29 is 0 Å². The summed E-state index contributed by atoms with van der Waals surface area (Å²) in [6.45, 7) is 14.5. The third-order valence-corrected chi connectivity index (χ3v) is 4.87. The average molecular weight is 278 g/mol. The van der Waals surface area contributed by atoms with Gasteiger partial charge in [-0.1, -0.05) is 13.8 Å². The topological polar surface area (TPSA) is 33.1 Å². The molecular formula is C16H30N4. The first-order valence-corrected chi connectivity index (χ1v) is 7.81. The maximum atomic E-state index is 4.57. The van der Waals surface area contributed by atoms with Crippen LogP contribution in [0.15, 0.2) is 6.07 Å². The molecule has 2 heterocycles. The molecule has 1 aromatic heterocycles. The Morgan fingerprint density at radius 2 is 2.00 bits per heavy atom. The standard InChI is InChI=1S/C16H30N4/c1-7-13-9-14(19(6)18-13)10-20-12-16(5,8-2)17-11-15(20,3)4/h9,17H,7-8,10-12H2,1-6H3. The number of hydrogen-bond donors (Lipinski definition) is 1. The fraction of sp³-hybridized carbons (Fsp3) is 0.812. The van der Waals surface area contributed by atoms with Crippen molar-refractivity contribution in [3.63, 3.8) is 0 Å². The van der Waals surface area contributed by atoms with Gasteiger partial charge in [0.1, 0.15) is 0 Å². The van der Waals surface area contributed by atoms with Crippen molar-refractivity contribution in [3.05, 3.63) is 17.5 Å². The molecule has 1 atom stereocenters. The van der Waals surface area contributed by atoms with Crippen molar-refractivity contribution in [2.45, 2.75) is 65.1 Å². The molecule has 1 fully saturated rings. The van der Waals surface area contributed by atoms with Gasteiger partial charge in [0.15, 0.2) is 0 Å². The summed E-state index contributed by atoms with van der Waals surface area (Å²) in [6, 6.07) is 2.25. The van der Waals surface area contributed by atoms with E-state index in [-0.39, 0.29) is 11.1 Å². The van der Waals surface area contributed by atoms with Gasteiger partial charge in [-0.25, -0.2) is 0 Å². The second-order valence-electron chi connectivity index (χ2n) is 7.04. The van der Waals surface area contributed by atoms with Crippen LogP contribution in [0.5, 0.6) is 0 Å². The first-order chi connectivity index (χ1) is 9.29. The summed E-state index contributed by atoms with van der Waals surface area (Å²) in [5.41, 5.74) is 2.91. The van der Waals surface area contributed by atoms with E-state index in [2.05, 4.69) is 63.0 Å². The Labute approximate surface area is 123 Å². The smallest absolute Gasteiger partial charge is 0.0625 e. The van der Waals surface area contributed by atoms with Crippen LogP contribution in [0, 0.1) is 0 Å². The second-order valence-corrected chi connectivity index (χ2v) is 7.04. The lowest BCUT2D eigenvalue weighted by Gasteiger charge is -2.50. The van der Waals surface area contributed by atoms with Gasteiger partial charge in [0.25, 0.3) is 0 Å². The maximum absolute atomic E-state index is 4.57. The summed E-state index contributed by atoms with van der Waals surface area (Å²) in [4.78, 5) is 2.60. The lowest BCUT2D eigenvalue weighted by molar-refractivity contribution is 0.0228. The van der Waals surface area contributed by atoms with Crippen molar-refractivity contribution >= 4 is 0 Å². The maximum Gasteiger partial charge on any atom is 0.0625 e. The number of hydrogen-bond acceptors (Lipinski definition) is 3. The summed E-state index contributed by atoms with van der Waals surface area (Å²) >= 11 is 0. The van der Waals surface area contributed by atoms with E-state index in [0.29, 0.717) is 0 Å². The van der Waals surface area contributed by atoms with Crippen LogP contribution in [0.4, 0.5) is 0 Å². The molecule has 1 aliphatic heterocycles. The van der Waals surface area contributed by atoms with E-state index < -0.39 is 0 Å². The Hall–Kier alpha value is -0.870. The van der Waals surface area contributed by atoms with Gasteiger partial charge in [-0.05, 0) is 39.7 Å². The Morgan fingerprint density at radius 1 is 1.30 bits per heavy atom. The van der Waals surface area contributed by atoms with Crippen molar-refractivity contribution in [2.24, 2.45) is 7.05 Å². The number of aryl methyl sites for hydroxylation is 2. The highest BCUT2D eigenvalue weighted by Crippen LogP contribution is 2.27. The third-order valence-electron chi connectivity index (χ3n) is 4.87. The zero-order chi connectivity index (χ0) is 15.0. The molecule has 4 heteroatoms. The monoisotopic (exact) mass is 278 g/mol. The van der Waals surface area contributed by atoms with Gasteiger partial charge < -0.3 is 5.32 Å². The normalized spacial score (nSPS) is 26.9. The van der Waals surface area contributed by atoms with Crippen LogP contribution < -0.4 is 5.32 Å². The molecule has 0 radical (unpaired) electrons. The zero-order valence-corrected chi connectivity index (χ0v) is 14.0. The van der Waals surface area contributed by atoms with Crippen LogP contribution in [0.1, 0.15) is 52.4 Å². The largest absolute Gasteiger partial charge is 0.308 e. The molecule has 114 valence electrons. The van der Waals surface area contributed by atoms with Gasteiger partial charge in [0.05, 0.1) is 11.4 Å². The number of nitrogens with zero attached hydrogens (tertiary/aromatic N) is 3. The fourth-order valence-electron chi connectivity index (χ4n) is 2.83. The minimum absolute atomic E-state index is 0.186. The van der Waals surface area contributed by atoms with Crippen LogP contribution >= 0.6 is 0 Å². The zero-order valence-electron chi connectivity index (χ0n) is 14.0. The van der Waals surface area contributed by atoms with Gasteiger partial charge in [-0.2, -0.15) is 5.10 Å². The average Bonchev–Trinajstić information content (AvgIpc) is 2.75. The number of piperazine rings is 1. The van der Waals surface area contributed by atoms with E-state index in [4.69, 9.17) is 0 Å². The molecule has 4 nitrogen and oxygen atoms in total. The lowest BCUT2D eigenvalue weighted by Crippen LogP contribution is -2.66. The van der Waals surface area contributed by atoms with E-state index in [1.807, 2.05) is 4.68 Å². The van der Waals surface area contributed by atoms with Gasteiger partial charge in [0, 0.05) is 37.8 Å². The van der Waals surface area contributed by atoms with Crippen molar-refractivity contribution in [3.8, 4) is 0 Å². The minimum atomic E-state index is 0.186. The second kappa shape index (κ2) is 5.49. The molecule has 20 heavy (non-hydrogen) atoms. The Kier molecular flexibility index (Phi) is 4.26. The molecule has 0 aromatic carbocycles. The Morgan fingerprint density at radius 3 is 2.55 bits per heavy atom. The highest BCUT2D eigenvalue weighted by Gasteiger charge is 2.39. The predicted octanol–water partition coefficient (Wildman–Crippen LogP) is 2.33. The lowest BCUT2D eigenvalue weighted by atomic mass is 9.88. The minimum Gasteiger partial charge on any atom is -0.308 e. The van der Waals surface area contributed by atoms with Gasteiger partial charge in [-0.3, -0.25) is 9.58 Å². The molecule has 2 rings (SSSR count). The van der Waals surface area contributed by atoms with E-state index in [1.165, 1.54) is 11.4 Å². The summed E-state index contributed by atoms with van der Waals surface area (Å²) in [5, 5.41) is 8.29. The Balaban J connectivity index is 2.18. The highest BCUT2D eigenvalue weighted by atomic mass is 15.3. The first kappa shape index (κ1) is 15.5. The Bertz CT molecular complexity index is 463. The molecule has 1 aromatic rings. The van der Waals surface area contributed by atoms with Crippen LogP contribution in [0.25, 0.3) is 0 Å². The molecule has 1 saturated heterocycles. The van der Waals surface area contributed by atoms with Crippen LogP contribution in [-0.2, 0) is 20.0 Å². The van der Waals surface area contributed by atoms with Crippen molar-refractivity contribution in [1.82, 2.24) is 20.0 Å². The molecule has 0 bridgehead atoms. The van der Waals surface area contributed by atoms with Crippen LogP contribution in [0.2, 0.25) is 0 Å². The summed E-state index contributed by atoms with van der Waals surface area (Å²) in [7, 11) is 2.06. The van der Waals surface area contributed by atoms with Gasteiger partial charge >= 0.3 is 0 Å². The van der Waals surface area contributed by atoms with E-state index in [9.17, 15) is 0 Å². The molecule has 1 unspecified atom stereocenters. The number of nitrogens with one attached hydrogen (secondary N) is 1. The van der Waals surface area contributed by atoms with Crippen LogP contribution in [0.3, 0.4) is 0 Å². The summed E-state index contributed by atoms with van der Waals surface area (Å²) < 4.78 is 2.04. The molecular weight excluding hydrogens is 248 g/mol. The molecule has 0 aliphatic carbocycles. The van der Waals surface area contributed by atoms with E-state index in [1.54, 1.807) is 0 Å². The molecule has 0 spiro atoms. The van der Waals surface area contributed by atoms with Crippen molar-refractivity contribution in [1.29, 1.82) is 0 Å². The molecule has 0 amide bonds. The molecule has 1 N–H and O–H groups in total.